The Balaban J connectivity index is 1.67. The fourth-order valence-corrected chi connectivity index (χ4v) is 4.26. The first-order valence-electron chi connectivity index (χ1n) is 8.09. The lowest BCUT2D eigenvalue weighted by atomic mass is 10.2. The van der Waals surface area contributed by atoms with E-state index < -0.39 is 0 Å². The number of halogens is 1. The predicted octanol–water partition coefficient (Wildman–Crippen LogP) is 4.56. The van der Waals surface area contributed by atoms with Gasteiger partial charge in [0.15, 0.2) is 0 Å². The van der Waals surface area contributed by atoms with Gasteiger partial charge in [-0.3, -0.25) is 10.1 Å². The number of carbonyl (C=O) groups excluding carboxylic acids is 1. The Bertz CT molecular complexity index is 1080. The number of aromatic nitrogens is 3. The first-order chi connectivity index (χ1) is 12.6. The fourth-order valence-electron chi connectivity index (χ4n) is 2.76. The molecule has 0 aliphatic heterocycles. The van der Waals surface area contributed by atoms with Gasteiger partial charge in [0.2, 0.25) is 5.13 Å². The van der Waals surface area contributed by atoms with Crippen LogP contribution in [0, 0.1) is 5.82 Å². The molecule has 0 spiro atoms. The molecular weight excluding hydrogens is 371 g/mol. The number of nitrogens with one attached hydrogen (secondary N) is 1. The van der Waals surface area contributed by atoms with Crippen molar-refractivity contribution >= 4 is 43.9 Å². The van der Waals surface area contributed by atoms with Crippen molar-refractivity contribution in [3.63, 3.8) is 0 Å². The molecule has 4 aromatic rings. The molecule has 0 fully saturated rings. The second-order valence-corrected chi connectivity index (χ2v) is 7.73. The van der Waals surface area contributed by atoms with Crippen molar-refractivity contribution in [1.29, 1.82) is 0 Å². The molecule has 3 heterocycles. The van der Waals surface area contributed by atoms with Crippen LogP contribution in [0.15, 0.2) is 41.8 Å². The molecule has 1 aromatic carbocycles. The normalized spacial score (nSPS) is 11.2. The smallest absolute Gasteiger partial charge is 0.274 e. The number of hydrogen-bond acceptors (Lipinski definition) is 5. The van der Waals surface area contributed by atoms with Crippen molar-refractivity contribution in [2.45, 2.75) is 19.9 Å². The van der Waals surface area contributed by atoms with Gasteiger partial charge in [0.25, 0.3) is 5.91 Å². The van der Waals surface area contributed by atoms with Crippen LogP contribution in [0.2, 0.25) is 0 Å². The number of benzene rings is 1. The topological polar surface area (TPSA) is 59.8 Å². The van der Waals surface area contributed by atoms with E-state index in [1.165, 1.54) is 23.5 Å². The Hall–Kier alpha value is -2.58. The van der Waals surface area contributed by atoms with Gasteiger partial charge in [-0.2, -0.15) is 0 Å². The van der Waals surface area contributed by atoms with Crippen LogP contribution in [-0.2, 0) is 13.0 Å². The molecule has 0 atom stereocenters. The van der Waals surface area contributed by atoms with Crippen LogP contribution in [0.3, 0.4) is 0 Å². The molecule has 0 saturated carbocycles. The van der Waals surface area contributed by atoms with E-state index in [4.69, 9.17) is 0 Å². The van der Waals surface area contributed by atoms with Gasteiger partial charge in [-0.05, 0) is 41.6 Å². The number of rotatable bonds is 5. The Kier molecular flexibility index (Phi) is 4.52. The maximum Gasteiger partial charge on any atom is 0.274 e. The number of hydrogen-bond donors (Lipinski definition) is 1. The summed E-state index contributed by atoms with van der Waals surface area (Å²) in [6, 6.07) is 10.2. The van der Waals surface area contributed by atoms with Crippen molar-refractivity contribution in [2.75, 3.05) is 5.32 Å². The highest BCUT2D eigenvalue weighted by Crippen LogP contribution is 2.27. The Morgan fingerprint density at radius 3 is 2.92 bits per heavy atom. The van der Waals surface area contributed by atoms with Crippen LogP contribution in [0.5, 0.6) is 0 Å². The van der Waals surface area contributed by atoms with E-state index in [0.717, 1.165) is 27.2 Å². The monoisotopic (exact) mass is 386 g/mol. The zero-order valence-electron chi connectivity index (χ0n) is 13.9. The minimum absolute atomic E-state index is 0.247. The lowest BCUT2D eigenvalue weighted by molar-refractivity contribution is 0.101. The van der Waals surface area contributed by atoms with Gasteiger partial charge < -0.3 is 4.57 Å². The number of anilines is 1. The minimum atomic E-state index is -0.289. The lowest BCUT2D eigenvalue weighted by Gasteiger charge is -2.10. The summed E-state index contributed by atoms with van der Waals surface area (Å²) in [6.45, 7) is 2.40. The Morgan fingerprint density at radius 2 is 2.15 bits per heavy atom. The molecule has 1 N–H and O–H groups in total. The fraction of sp³-hybridized carbons (Fsp3) is 0.167. The molecule has 132 valence electrons. The molecule has 0 radical (unpaired) electrons. The Morgan fingerprint density at radius 1 is 1.27 bits per heavy atom. The van der Waals surface area contributed by atoms with Gasteiger partial charge in [0.1, 0.15) is 16.5 Å². The number of fused-ring (bicyclic) bond motifs is 1. The van der Waals surface area contributed by atoms with E-state index in [1.54, 1.807) is 17.4 Å². The lowest BCUT2D eigenvalue weighted by Crippen LogP contribution is -2.17. The van der Waals surface area contributed by atoms with Gasteiger partial charge in [-0.15, -0.1) is 21.5 Å². The highest BCUT2D eigenvalue weighted by atomic mass is 32.1. The summed E-state index contributed by atoms with van der Waals surface area (Å²) < 4.78 is 16.4. The minimum Gasteiger partial charge on any atom is -0.331 e. The van der Waals surface area contributed by atoms with E-state index in [9.17, 15) is 9.18 Å². The molecule has 0 saturated heterocycles. The van der Waals surface area contributed by atoms with Crippen LogP contribution < -0.4 is 5.32 Å². The average molecular weight is 386 g/mol. The summed E-state index contributed by atoms with van der Waals surface area (Å²) in [5.41, 5.74) is 2.27. The first kappa shape index (κ1) is 16.9. The van der Waals surface area contributed by atoms with E-state index >= 15 is 0 Å². The zero-order valence-corrected chi connectivity index (χ0v) is 15.5. The number of amides is 1. The number of carbonyl (C=O) groups is 1. The third-order valence-electron chi connectivity index (χ3n) is 3.97. The van der Waals surface area contributed by atoms with Crippen LogP contribution in [0.1, 0.15) is 28.0 Å². The van der Waals surface area contributed by atoms with E-state index in [1.807, 2.05) is 35.1 Å². The summed E-state index contributed by atoms with van der Waals surface area (Å²) in [6.07, 6.45) is 0.777. The van der Waals surface area contributed by atoms with Gasteiger partial charge in [0.05, 0.1) is 10.2 Å². The third kappa shape index (κ3) is 3.25. The predicted molar refractivity (Wildman–Crippen MR) is 103 cm³/mol. The average Bonchev–Trinajstić information content (AvgIpc) is 3.32. The van der Waals surface area contributed by atoms with Crippen molar-refractivity contribution in [3.05, 3.63) is 63.9 Å². The molecule has 4 rings (SSSR count). The Labute approximate surface area is 157 Å². The van der Waals surface area contributed by atoms with Gasteiger partial charge in [-0.25, -0.2) is 4.39 Å². The second-order valence-electron chi connectivity index (χ2n) is 5.72. The van der Waals surface area contributed by atoms with Crippen LogP contribution >= 0.6 is 22.7 Å². The largest absolute Gasteiger partial charge is 0.331 e. The molecule has 3 aromatic heterocycles. The SMILES string of the molecule is CCc1nnc(NC(=O)c2cc3sccc3n2Cc2cccc(F)c2)s1. The number of aryl methyl sites for hydroxylation is 1. The molecule has 0 unspecified atom stereocenters. The summed E-state index contributed by atoms with van der Waals surface area (Å²) in [5, 5.41) is 14.2. The van der Waals surface area contributed by atoms with Gasteiger partial charge >= 0.3 is 0 Å². The summed E-state index contributed by atoms with van der Waals surface area (Å²) in [4.78, 5) is 12.8. The van der Waals surface area contributed by atoms with Crippen molar-refractivity contribution in [2.24, 2.45) is 0 Å². The van der Waals surface area contributed by atoms with Gasteiger partial charge in [-0.1, -0.05) is 30.4 Å². The standard InChI is InChI=1S/C18H15FN4OS2/c1-2-16-21-22-18(26-16)20-17(24)14-9-15-13(6-7-25-15)23(14)10-11-4-3-5-12(19)8-11/h3-9H,2,10H2,1H3,(H,20,22,24). The van der Waals surface area contributed by atoms with Crippen molar-refractivity contribution in [3.8, 4) is 0 Å². The molecule has 1 amide bonds. The van der Waals surface area contributed by atoms with Crippen LogP contribution in [-0.4, -0.2) is 20.7 Å². The molecule has 26 heavy (non-hydrogen) atoms. The van der Waals surface area contributed by atoms with Crippen LogP contribution in [0.4, 0.5) is 9.52 Å². The van der Waals surface area contributed by atoms with E-state index in [2.05, 4.69) is 15.5 Å². The van der Waals surface area contributed by atoms with Gasteiger partial charge in [0, 0.05) is 6.54 Å². The van der Waals surface area contributed by atoms with E-state index in [0.29, 0.717) is 17.4 Å². The summed E-state index contributed by atoms with van der Waals surface area (Å²) >= 11 is 2.93. The van der Waals surface area contributed by atoms with Crippen molar-refractivity contribution < 1.29 is 9.18 Å². The highest BCUT2D eigenvalue weighted by molar-refractivity contribution is 7.17. The van der Waals surface area contributed by atoms with Crippen LogP contribution in [0.25, 0.3) is 10.2 Å². The summed E-state index contributed by atoms with van der Waals surface area (Å²) in [5.74, 6) is -0.535. The zero-order chi connectivity index (χ0) is 18.1. The molecule has 5 nitrogen and oxygen atoms in total. The molecular formula is C18H15FN4OS2. The quantitative estimate of drug-likeness (QED) is 0.547. The second kappa shape index (κ2) is 6.97. The molecule has 0 bridgehead atoms. The number of thiophene rings is 1. The molecule has 0 aliphatic carbocycles. The third-order valence-corrected chi connectivity index (χ3v) is 5.81. The highest BCUT2D eigenvalue weighted by Gasteiger charge is 2.18. The summed E-state index contributed by atoms with van der Waals surface area (Å²) in [7, 11) is 0. The first-order valence-corrected chi connectivity index (χ1v) is 9.78. The number of nitrogens with zero attached hydrogens (tertiary/aromatic N) is 3. The van der Waals surface area contributed by atoms with E-state index in [-0.39, 0.29) is 11.7 Å². The molecule has 0 aliphatic rings. The molecule has 8 heteroatoms. The van der Waals surface area contributed by atoms with Crippen molar-refractivity contribution in [1.82, 2.24) is 14.8 Å². The maximum atomic E-state index is 13.5. The maximum absolute atomic E-state index is 13.5.